The number of hydrogen-bond donors (Lipinski definition) is 0. The molecule has 4 aliphatic heterocycles. The van der Waals surface area contributed by atoms with Crippen molar-refractivity contribution in [3.05, 3.63) is 0 Å². The molecular weight excluding hydrogens is 634 g/mol. The van der Waals surface area contributed by atoms with Crippen LogP contribution in [0, 0.1) is 0 Å². The Balaban J connectivity index is 1.62. The molecule has 146 valence electrons. The Kier molecular flexibility index (Phi) is 2.97. The van der Waals surface area contributed by atoms with Gasteiger partial charge in [-0.3, -0.25) is 0 Å². The second kappa shape index (κ2) is 4.24. The van der Waals surface area contributed by atoms with E-state index in [0.717, 1.165) is 0 Å². The fraction of sp³-hybridized carbons (Fsp3) is 1.00. The lowest BCUT2D eigenvalue weighted by Crippen LogP contribution is -3.13. The summed E-state index contributed by atoms with van der Waals surface area (Å²) in [5, 5.41) is 0. The van der Waals surface area contributed by atoms with Crippen molar-refractivity contribution >= 4 is 63.7 Å². The zero-order chi connectivity index (χ0) is 19.0. The molecule has 4 heterocycles. The van der Waals surface area contributed by atoms with E-state index in [-0.39, 0.29) is 0 Å². The maximum atomic E-state index is 15.9. The molecule has 0 aromatic heterocycles. The van der Waals surface area contributed by atoms with E-state index in [1.54, 1.807) is 0 Å². The van der Waals surface area contributed by atoms with E-state index in [2.05, 4.69) is 63.7 Å². The molecule has 4 bridgehead atoms. The predicted octanol–water partition coefficient (Wildman–Crippen LogP) is 3.88. The van der Waals surface area contributed by atoms with Crippen molar-refractivity contribution in [1.82, 2.24) is 0 Å². The first-order valence-electron chi connectivity index (χ1n) is 7.85. The minimum atomic E-state index is -4.06. The fourth-order valence-electron chi connectivity index (χ4n) is 6.56. The summed E-state index contributed by atoms with van der Waals surface area (Å²) in [4.78, 5) is -3.72. The predicted molar refractivity (Wildman–Crippen MR) is 91.2 cm³/mol. The van der Waals surface area contributed by atoms with Gasteiger partial charge in [0.1, 0.15) is 24.4 Å². The third-order valence-corrected chi connectivity index (χ3v) is 13.1. The molecule has 6 rings (SSSR count). The molecule has 0 amide bonds. The number of alkyl halides is 10. The number of hydrogen-bond acceptors (Lipinski definition) is 2. The van der Waals surface area contributed by atoms with Crippen LogP contribution in [0.4, 0.5) is 26.3 Å². The van der Waals surface area contributed by atoms with Crippen LogP contribution in [0.1, 0.15) is 0 Å². The smallest absolute Gasteiger partial charge is 0.230 e. The molecule has 0 aromatic rings. The van der Waals surface area contributed by atoms with Crippen LogP contribution in [-0.4, -0.2) is 77.7 Å². The summed E-state index contributed by atoms with van der Waals surface area (Å²) < 4.78 is 106. The van der Waals surface area contributed by atoms with E-state index in [1.165, 1.54) is 0 Å². The van der Waals surface area contributed by atoms with Gasteiger partial charge >= 0.3 is 0 Å². The Morgan fingerprint density at radius 1 is 0.462 bits per heavy atom. The van der Waals surface area contributed by atoms with Gasteiger partial charge in [-0.25, -0.2) is 26.3 Å². The van der Waals surface area contributed by atoms with Crippen LogP contribution in [0.2, 0.25) is 0 Å². The van der Waals surface area contributed by atoms with Crippen LogP contribution in [0.5, 0.6) is 0 Å². The maximum Gasteiger partial charge on any atom is 0.230 e. The molecule has 0 radical (unpaired) electrons. The highest BCUT2D eigenvalue weighted by Crippen LogP contribution is 2.93. The van der Waals surface area contributed by atoms with E-state index >= 15 is 26.3 Å². The van der Waals surface area contributed by atoms with Crippen molar-refractivity contribution < 1.29 is 35.8 Å². The highest BCUT2D eigenvalue weighted by atomic mass is 79.9. The van der Waals surface area contributed by atoms with Crippen molar-refractivity contribution in [2.45, 2.75) is 77.7 Å². The van der Waals surface area contributed by atoms with Gasteiger partial charge in [-0.15, -0.1) is 0 Å². The van der Waals surface area contributed by atoms with E-state index in [1.807, 2.05) is 0 Å². The van der Waals surface area contributed by atoms with Crippen molar-refractivity contribution in [2.75, 3.05) is 0 Å². The largest absolute Gasteiger partial charge is 0.365 e. The Hall–Kier alpha value is 1.42. The first kappa shape index (κ1) is 18.2. The summed E-state index contributed by atoms with van der Waals surface area (Å²) >= 11 is 12.3. The summed E-state index contributed by atoms with van der Waals surface area (Å²) in [6.45, 7) is 0. The number of halogens is 10. The van der Waals surface area contributed by atoms with Crippen LogP contribution in [0.3, 0.4) is 0 Å². The Morgan fingerprint density at radius 3 is 0.846 bits per heavy atom. The van der Waals surface area contributed by atoms with E-state index in [4.69, 9.17) is 9.47 Å². The molecule has 4 saturated heterocycles. The first-order valence-corrected chi connectivity index (χ1v) is 11.5. The second-order valence-electron chi connectivity index (χ2n) is 7.90. The van der Waals surface area contributed by atoms with Crippen LogP contribution in [0.15, 0.2) is 0 Å². The van der Waals surface area contributed by atoms with Gasteiger partial charge in [0, 0.05) is 0 Å². The molecule has 26 heavy (non-hydrogen) atoms. The minimum Gasteiger partial charge on any atom is -0.365 e. The molecule has 6 fully saturated rings. The standard InChI is InChI=1S/C14H8Br4F6O2/c15-1-2(16)6-10(20)9(19,5(1)25-6)13(23)11(21)7-3(17)4(18)8(26-7)12(11,22)14(10,13)24/h1-8H. The topological polar surface area (TPSA) is 18.5 Å². The Labute approximate surface area is 176 Å². The van der Waals surface area contributed by atoms with Gasteiger partial charge in [-0.1, -0.05) is 63.7 Å². The van der Waals surface area contributed by atoms with Gasteiger partial charge < -0.3 is 9.47 Å². The number of rotatable bonds is 0. The summed E-state index contributed by atoms with van der Waals surface area (Å²) in [5.74, 6) is 0. The number of fused-ring (bicyclic) bond motifs is 15. The van der Waals surface area contributed by atoms with Crippen LogP contribution >= 0.6 is 63.7 Å². The van der Waals surface area contributed by atoms with Gasteiger partial charge in [-0.05, 0) is 0 Å². The summed E-state index contributed by atoms with van der Waals surface area (Å²) in [6, 6.07) is 0. The Morgan fingerprint density at radius 2 is 0.654 bits per heavy atom. The molecule has 2 aliphatic carbocycles. The van der Waals surface area contributed by atoms with Crippen LogP contribution in [0.25, 0.3) is 0 Å². The monoisotopic (exact) mass is 638 g/mol. The highest BCUT2D eigenvalue weighted by Gasteiger charge is 3.22. The second-order valence-corrected chi connectivity index (χ2v) is 12.1. The van der Waals surface area contributed by atoms with E-state index in [0.29, 0.717) is 0 Å². The van der Waals surface area contributed by atoms with Gasteiger partial charge in [0.05, 0.1) is 19.3 Å². The molecule has 6 aliphatic rings. The first-order chi connectivity index (χ1) is 11.8. The third kappa shape index (κ3) is 1.05. The normalized spacial score (nSPS) is 80.5. The zero-order valence-corrected chi connectivity index (χ0v) is 18.6. The molecule has 0 N–H and O–H groups in total. The third-order valence-electron chi connectivity index (χ3n) is 7.46. The average molecular weight is 642 g/mol. The fourth-order valence-corrected chi connectivity index (χ4v) is 9.62. The van der Waals surface area contributed by atoms with Gasteiger partial charge in [-0.2, -0.15) is 0 Å². The quantitative estimate of drug-likeness (QED) is 0.296. The minimum absolute atomic E-state index is 0.931. The molecule has 2 saturated carbocycles. The van der Waals surface area contributed by atoms with E-state index < -0.39 is 77.7 Å². The molecule has 2 nitrogen and oxygen atoms in total. The Bertz CT molecular complexity index is 664. The van der Waals surface area contributed by atoms with Gasteiger partial charge in [0.2, 0.25) is 34.0 Å². The van der Waals surface area contributed by atoms with Crippen LogP contribution < -0.4 is 0 Å². The zero-order valence-electron chi connectivity index (χ0n) is 12.2. The number of ether oxygens (including phenoxy) is 2. The van der Waals surface area contributed by atoms with E-state index in [9.17, 15) is 0 Å². The van der Waals surface area contributed by atoms with Gasteiger partial charge in [0.25, 0.3) is 0 Å². The van der Waals surface area contributed by atoms with Crippen molar-refractivity contribution in [2.24, 2.45) is 0 Å². The summed E-state index contributed by atoms with van der Waals surface area (Å²) in [7, 11) is 0. The lowest BCUT2D eigenvalue weighted by atomic mass is 9.25. The molecule has 12 unspecified atom stereocenters. The summed E-state index contributed by atoms with van der Waals surface area (Å²) in [6.07, 6.45) is -7.22. The van der Waals surface area contributed by atoms with Crippen molar-refractivity contribution in [3.63, 3.8) is 0 Å². The lowest BCUT2D eigenvalue weighted by Gasteiger charge is -2.81. The molecule has 0 spiro atoms. The maximum absolute atomic E-state index is 15.9. The summed E-state index contributed by atoms with van der Waals surface area (Å²) in [5.41, 5.74) is -22.8. The molecular formula is C14H8Br4F6O2. The molecule has 12 atom stereocenters. The van der Waals surface area contributed by atoms with Crippen molar-refractivity contribution in [1.29, 1.82) is 0 Å². The highest BCUT2D eigenvalue weighted by molar-refractivity contribution is 9.12. The van der Waals surface area contributed by atoms with Gasteiger partial charge in [0.15, 0.2) is 0 Å². The molecule has 12 heteroatoms. The van der Waals surface area contributed by atoms with Crippen LogP contribution in [-0.2, 0) is 9.47 Å². The SMILES string of the molecule is FC12C3OC(C(Br)C3Br)C1(F)C1(F)C3(F)C4OC(C(Br)C4Br)C3(F)C21F. The average Bonchev–Trinajstić information content (AvgIpc) is 3.21. The van der Waals surface area contributed by atoms with Crippen molar-refractivity contribution in [3.8, 4) is 0 Å². The molecule has 0 aromatic carbocycles. The lowest BCUT2D eigenvalue weighted by molar-refractivity contribution is -0.497.